The number of hydrogen-bond donors (Lipinski definition) is 2. The molecule has 0 radical (unpaired) electrons. The molecule has 1 aromatic carbocycles. The fourth-order valence-corrected chi connectivity index (χ4v) is 3.84. The lowest BCUT2D eigenvalue weighted by molar-refractivity contribution is 0.348. The first kappa shape index (κ1) is 17.7. The molecule has 0 amide bonds. The van der Waals surface area contributed by atoms with Crippen molar-refractivity contribution in [1.82, 2.24) is 10.0 Å². The van der Waals surface area contributed by atoms with Crippen LogP contribution in [-0.4, -0.2) is 27.0 Å². The Labute approximate surface area is 129 Å². The Bertz CT molecular complexity index is 569. The van der Waals surface area contributed by atoms with Crippen molar-refractivity contribution in [3.05, 3.63) is 29.0 Å². The summed E-state index contributed by atoms with van der Waals surface area (Å²) in [4.78, 5) is -0.405. The highest BCUT2D eigenvalue weighted by molar-refractivity contribution is 7.89. The van der Waals surface area contributed by atoms with Crippen molar-refractivity contribution in [1.29, 1.82) is 0 Å². The Balaban J connectivity index is 0.00000200. The summed E-state index contributed by atoms with van der Waals surface area (Å²) in [6.07, 6.45) is 1.62. The largest absolute Gasteiger partial charge is 0.313 e. The minimum Gasteiger partial charge on any atom is -0.313 e. The summed E-state index contributed by atoms with van der Waals surface area (Å²) in [7, 11) is -3.90. The molecule has 2 unspecified atom stereocenters. The zero-order valence-corrected chi connectivity index (χ0v) is 13.3. The minimum atomic E-state index is -3.90. The van der Waals surface area contributed by atoms with Gasteiger partial charge in [-0.25, -0.2) is 17.5 Å². The fraction of sp³-hybridized carbons (Fsp3) is 0.500. The summed E-state index contributed by atoms with van der Waals surface area (Å²) < 4.78 is 40.5. The lowest BCUT2D eigenvalue weighted by Gasteiger charge is -2.30. The van der Waals surface area contributed by atoms with Gasteiger partial charge in [-0.2, -0.15) is 0 Å². The second-order valence-electron chi connectivity index (χ2n) is 4.69. The van der Waals surface area contributed by atoms with Crippen LogP contribution in [0, 0.1) is 5.82 Å². The van der Waals surface area contributed by atoms with E-state index in [9.17, 15) is 12.8 Å². The summed E-state index contributed by atoms with van der Waals surface area (Å²) in [6.45, 7) is 2.77. The van der Waals surface area contributed by atoms with E-state index in [1.165, 1.54) is 6.07 Å². The molecule has 1 aromatic rings. The molecule has 1 saturated heterocycles. The molecule has 1 heterocycles. The third-order valence-corrected chi connectivity index (χ3v) is 4.99. The van der Waals surface area contributed by atoms with Crippen LogP contribution >= 0.6 is 24.0 Å². The highest BCUT2D eigenvalue weighted by Crippen LogP contribution is 2.21. The summed E-state index contributed by atoms with van der Waals surface area (Å²) in [5, 5.41) is 3.38. The molecule has 0 aromatic heterocycles. The van der Waals surface area contributed by atoms with E-state index in [1.807, 2.05) is 6.92 Å². The van der Waals surface area contributed by atoms with E-state index in [0.717, 1.165) is 31.5 Å². The molecular weight excluding hydrogens is 326 g/mol. The molecule has 0 aliphatic carbocycles. The van der Waals surface area contributed by atoms with Gasteiger partial charge in [0, 0.05) is 17.1 Å². The average Bonchev–Trinajstić information content (AvgIpc) is 2.35. The van der Waals surface area contributed by atoms with Crippen LogP contribution in [0.4, 0.5) is 4.39 Å². The SMILES string of the molecule is CC1NCCCC1NS(=O)(=O)c1cc(Cl)ccc1F.Cl. The van der Waals surface area contributed by atoms with E-state index in [0.29, 0.717) is 0 Å². The molecule has 2 N–H and O–H groups in total. The quantitative estimate of drug-likeness (QED) is 0.886. The van der Waals surface area contributed by atoms with Crippen LogP contribution in [0.2, 0.25) is 5.02 Å². The molecule has 8 heteroatoms. The number of sulfonamides is 1. The summed E-state index contributed by atoms with van der Waals surface area (Å²) in [6, 6.07) is 3.28. The topological polar surface area (TPSA) is 58.2 Å². The highest BCUT2D eigenvalue weighted by atomic mass is 35.5. The molecule has 2 rings (SSSR count). The van der Waals surface area contributed by atoms with Crippen LogP contribution in [0.1, 0.15) is 19.8 Å². The van der Waals surface area contributed by atoms with Crippen LogP contribution in [-0.2, 0) is 10.0 Å². The van der Waals surface area contributed by atoms with Crippen molar-refractivity contribution in [3.63, 3.8) is 0 Å². The maximum atomic E-state index is 13.6. The van der Waals surface area contributed by atoms with E-state index >= 15 is 0 Å². The zero-order valence-electron chi connectivity index (χ0n) is 10.9. The Hall–Kier alpha value is -0.400. The Morgan fingerprint density at radius 2 is 2.15 bits per heavy atom. The van der Waals surface area contributed by atoms with Gasteiger partial charge in [-0.05, 0) is 44.5 Å². The molecule has 4 nitrogen and oxygen atoms in total. The van der Waals surface area contributed by atoms with E-state index < -0.39 is 20.7 Å². The van der Waals surface area contributed by atoms with Crippen LogP contribution < -0.4 is 10.0 Å². The number of rotatable bonds is 3. The average molecular weight is 343 g/mol. The van der Waals surface area contributed by atoms with Crippen molar-refractivity contribution in [2.24, 2.45) is 0 Å². The molecule has 2 atom stereocenters. The van der Waals surface area contributed by atoms with Gasteiger partial charge in [0.05, 0.1) is 0 Å². The Morgan fingerprint density at radius 3 is 2.80 bits per heavy atom. The normalized spacial score (nSPS) is 23.1. The predicted octanol–water partition coefficient (Wildman–Crippen LogP) is 2.32. The smallest absolute Gasteiger partial charge is 0.243 e. The molecule has 0 spiro atoms. The van der Waals surface area contributed by atoms with Gasteiger partial charge in [0.15, 0.2) is 0 Å². The van der Waals surface area contributed by atoms with Gasteiger partial charge in [0.2, 0.25) is 10.0 Å². The van der Waals surface area contributed by atoms with Gasteiger partial charge in [-0.3, -0.25) is 0 Å². The molecular formula is C12H17Cl2FN2O2S. The maximum absolute atomic E-state index is 13.6. The predicted molar refractivity (Wildman–Crippen MR) is 79.5 cm³/mol. The van der Waals surface area contributed by atoms with Crippen LogP contribution in [0.15, 0.2) is 23.1 Å². The van der Waals surface area contributed by atoms with Gasteiger partial charge in [0.25, 0.3) is 0 Å². The third kappa shape index (κ3) is 4.05. The van der Waals surface area contributed by atoms with Crippen LogP contribution in [0.3, 0.4) is 0 Å². The summed E-state index contributed by atoms with van der Waals surface area (Å²) >= 11 is 5.72. The van der Waals surface area contributed by atoms with Gasteiger partial charge in [-0.15, -0.1) is 12.4 Å². The summed E-state index contributed by atoms with van der Waals surface area (Å²) in [5.41, 5.74) is 0. The fourth-order valence-electron chi connectivity index (χ4n) is 2.15. The number of halogens is 3. The van der Waals surface area contributed by atoms with Crippen molar-refractivity contribution >= 4 is 34.0 Å². The van der Waals surface area contributed by atoms with Crippen molar-refractivity contribution in [2.75, 3.05) is 6.54 Å². The van der Waals surface area contributed by atoms with Gasteiger partial charge >= 0.3 is 0 Å². The first-order valence-corrected chi connectivity index (χ1v) is 7.97. The number of piperidine rings is 1. The van der Waals surface area contributed by atoms with E-state index in [4.69, 9.17) is 11.6 Å². The van der Waals surface area contributed by atoms with E-state index in [-0.39, 0.29) is 29.5 Å². The summed E-state index contributed by atoms with van der Waals surface area (Å²) in [5.74, 6) is -0.798. The monoisotopic (exact) mass is 342 g/mol. The standard InChI is InChI=1S/C12H16ClFN2O2S.ClH/c1-8-11(3-2-6-15-8)16-19(17,18)12-7-9(13)4-5-10(12)14;/h4-5,7-8,11,15-16H,2-3,6H2,1H3;1H. The van der Waals surface area contributed by atoms with Crippen LogP contribution in [0.5, 0.6) is 0 Å². The van der Waals surface area contributed by atoms with Crippen molar-refractivity contribution in [2.45, 2.75) is 36.7 Å². The lowest BCUT2D eigenvalue weighted by Crippen LogP contribution is -2.51. The molecule has 1 fully saturated rings. The van der Waals surface area contributed by atoms with Gasteiger partial charge < -0.3 is 5.32 Å². The van der Waals surface area contributed by atoms with Crippen molar-refractivity contribution in [3.8, 4) is 0 Å². The molecule has 1 aliphatic rings. The van der Waals surface area contributed by atoms with E-state index in [1.54, 1.807) is 0 Å². The second-order valence-corrected chi connectivity index (χ2v) is 6.81. The maximum Gasteiger partial charge on any atom is 0.243 e. The molecule has 0 bridgehead atoms. The Morgan fingerprint density at radius 1 is 1.45 bits per heavy atom. The van der Waals surface area contributed by atoms with Gasteiger partial charge in [0.1, 0.15) is 10.7 Å². The third-order valence-electron chi connectivity index (χ3n) is 3.25. The first-order valence-electron chi connectivity index (χ1n) is 6.11. The lowest BCUT2D eigenvalue weighted by atomic mass is 10.0. The highest BCUT2D eigenvalue weighted by Gasteiger charge is 2.28. The van der Waals surface area contributed by atoms with Crippen LogP contribution in [0.25, 0.3) is 0 Å². The second kappa shape index (κ2) is 7.04. The van der Waals surface area contributed by atoms with E-state index in [2.05, 4.69) is 10.0 Å². The first-order chi connectivity index (χ1) is 8.90. The number of hydrogen-bond acceptors (Lipinski definition) is 3. The molecule has 1 aliphatic heterocycles. The molecule has 114 valence electrons. The Kier molecular flexibility index (Phi) is 6.22. The number of benzene rings is 1. The minimum absolute atomic E-state index is 0. The molecule has 20 heavy (non-hydrogen) atoms. The number of nitrogens with one attached hydrogen (secondary N) is 2. The zero-order chi connectivity index (χ0) is 14.0. The van der Waals surface area contributed by atoms with Crippen molar-refractivity contribution < 1.29 is 12.8 Å². The van der Waals surface area contributed by atoms with Gasteiger partial charge in [-0.1, -0.05) is 11.6 Å². The molecule has 0 saturated carbocycles.